The van der Waals surface area contributed by atoms with Crippen molar-refractivity contribution in [1.29, 1.82) is 0 Å². The van der Waals surface area contributed by atoms with Gasteiger partial charge in [-0.25, -0.2) is 0 Å². The molecule has 15 heavy (non-hydrogen) atoms. The minimum Gasteiger partial charge on any atom is -0.481 e. The standard InChI is InChI=1S/C11H20O4/c1-11(14,7-10(12)13)8-5-3-4-6-9(8)15-2/h8-9,14H,3-7H2,1-2H3,(H,12,13)/t8-,9+,11?/m1/s1. The third kappa shape index (κ3) is 3.18. The Morgan fingerprint density at radius 2 is 2.07 bits per heavy atom. The first-order valence-corrected chi connectivity index (χ1v) is 5.44. The Hall–Kier alpha value is -0.610. The van der Waals surface area contributed by atoms with Gasteiger partial charge in [-0.05, 0) is 19.8 Å². The van der Waals surface area contributed by atoms with E-state index in [2.05, 4.69) is 0 Å². The van der Waals surface area contributed by atoms with E-state index in [1.54, 1.807) is 14.0 Å². The Morgan fingerprint density at radius 3 is 2.60 bits per heavy atom. The summed E-state index contributed by atoms with van der Waals surface area (Å²) in [5.41, 5.74) is -1.16. The molecule has 0 saturated heterocycles. The molecule has 0 radical (unpaired) electrons. The summed E-state index contributed by atoms with van der Waals surface area (Å²) >= 11 is 0. The van der Waals surface area contributed by atoms with Crippen molar-refractivity contribution in [3.05, 3.63) is 0 Å². The first kappa shape index (κ1) is 12.5. The Kier molecular flexibility index (Phi) is 4.11. The van der Waals surface area contributed by atoms with Crippen LogP contribution < -0.4 is 0 Å². The molecular formula is C11H20O4. The summed E-state index contributed by atoms with van der Waals surface area (Å²) < 4.78 is 5.32. The largest absolute Gasteiger partial charge is 0.481 e. The highest BCUT2D eigenvalue weighted by atomic mass is 16.5. The molecular weight excluding hydrogens is 196 g/mol. The van der Waals surface area contributed by atoms with Gasteiger partial charge >= 0.3 is 5.97 Å². The summed E-state index contributed by atoms with van der Waals surface area (Å²) in [6.45, 7) is 1.60. The predicted octanol–water partition coefficient (Wildman–Crippen LogP) is 1.42. The van der Waals surface area contributed by atoms with Gasteiger partial charge < -0.3 is 14.9 Å². The van der Waals surface area contributed by atoms with E-state index in [-0.39, 0.29) is 18.4 Å². The maximum atomic E-state index is 10.7. The fourth-order valence-electron chi connectivity index (χ4n) is 2.53. The van der Waals surface area contributed by atoms with Gasteiger partial charge in [0.05, 0.1) is 18.1 Å². The molecule has 2 N–H and O–H groups in total. The molecule has 0 aliphatic heterocycles. The molecule has 0 aromatic rings. The van der Waals surface area contributed by atoms with Crippen molar-refractivity contribution in [2.24, 2.45) is 5.92 Å². The fraction of sp³-hybridized carbons (Fsp3) is 0.909. The van der Waals surface area contributed by atoms with Crippen LogP contribution >= 0.6 is 0 Å². The van der Waals surface area contributed by atoms with Gasteiger partial charge in [0.2, 0.25) is 0 Å². The molecule has 1 saturated carbocycles. The quantitative estimate of drug-likeness (QED) is 0.745. The van der Waals surface area contributed by atoms with Crippen molar-refractivity contribution in [2.75, 3.05) is 7.11 Å². The van der Waals surface area contributed by atoms with Crippen LogP contribution in [-0.2, 0) is 9.53 Å². The molecule has 1 aliphatic rings. The number of carboxylic acids is 1. The Balaban J connectivity index is 2.69. The molecule has 0 amide bonds. The maximum Gasteiger partial charge on any atom is 0.306 e. The molecule has 0 aromatic carbocycles. The van der Waals surface area contributed by atoms with Gasteiger partial charge in [-0.2, -0.15) is 0 Å². The van der Waals surface area contributed by atoms with Gasteiger partial charge in [0.25, 0.3) is 0 Å². The summed E-state index contributed by atoms with van der Waals surface area (Å²) in [7, 11) is 1.62. The lowest BCUT2D eigenvalue weighted by Crippen LogP contribution is -2.45. The SMILES string of the molecule is CO[C@H]1CCCC[C@H]1C(C)(O)CC(=O)O. The highest BCUT2D eigenvalue weighted by Crippen LogP contribution is 2.36. The Bertz CT molecular complexity index is 225. The number of carbonyl (C=O) groups is 1. The summed E-state index contributed by atoms with van der Waals surface area (Å²) in [5, 5.41) is 18.9. The van der Waals surface area contributed by atoms with Gasteiger partial charge in [0, 0.05) is 13.0 Å². The number of hydrogen-bond acceptors (Lipinski definition) is 3. The van der Waals surface area contributed by atoms with Crippen molar-refractivity contribution >= 4 is 5.97 Å². The second-order valence-corrected chi connectivity index (χ2v) is 4.59. The normalized spacial score (nSPS) is 30.9. The number of aliphatic hydroxyl groups is 1. The number of carboxylic acid groups (broad SMARTS) is 1. The third-order valence-electron chi connectivity index (χ3n) is 3.31. The lowest BCUT2D eigenvalue weighted by molar-refractivity contribution is -0.149. The second kappa shape index (κ2) is 4.94. The molecule has 0 bridgehead atoms. The van der Waals surface area contributed by atoms with E-state index in [4.69, 9.17) is 9.84 Å². The maximum absolute atomic E-state index is 10.7. The zero-order chi connectivity index (χ0) is 11.5. The van der Waals surface area contributed by atoms with Crippen molar-refractivity contribution < 1.29 is 19.7 Å². The first-order valence-electron chi connectivity index (χ1n) is 5.44. The van der Waals surface area contributed by atoms with Crippen LogP contribution in [-0.4, -0.2) is 35.0 Å². The van der Waals surface area contributed by atoms with Crippen molar-refractivity contribution in [1.82, 2.24) is 0 Å². The first-order chi connectivity index (χ1) is 6.97. The van der Waals surface area contributed by atoms with Crippen LogP contribution in [0.25, 0.3) is 0 Å². The van der Waals surface area contributed by atoms with Crippen LogP contribution in [0.4, 0.5) is 0 Å². The van der Waals surface area contributed by atoms with Crippen LogP contribution in [0, 0.1) is 5.92 Å². The molecule has 4 heteroatoms. The van der Waals surface area contributed by atoms with E-state index in [1.165, 1.54) is 0 Å². The zero-order valence-electron chi connectivity index (χ0n) is 9.40. The molecule has 88 valence electrons. The molecule has 3 atom stereocenters. The molecule has 0 aromatic heterocycles. The lowest BCUT2D eigenvalue weighted by atomic mass is 9.74. The van der Waals surface area contributed by atoms with E-state index >= 15 is 0 Å². The summed E-state index contributed by atoms with van der Waals surface area (Å²) in [6.07, 6.45) is 3.68. The van der Waals surface area contributed by atoms with Gasteiger partial charge in [-0.3, -0.25) is 4.79 Å². The molecule has 4 nitrogen and oxygen atoms in total. The highest BCUT2D eigenvalue weighted by molar-refractivity contribution is 5.68. The van der Waals surface area contributed by atoms with Gasteiger partial charge in [0.1, 0.15) is 0 Å². The van der Waals surface area contributed by atoms with Crippen molar-refractivity contribution in [2.45, 2.75) is 50.7 Å². The minimum absolute atomic E-state index is 0.00639. The number of hydrogen-bond donors (Lipinski definition) is 2. The number of rotatable bonds is 4. The second-order valence-electron chi connectivity index (χ2n) is 4.59. The van der Waals surface area contributed by atoms with Crippen molar-refractivity contribution in [3.8, 4) is 0 Å². The monoisotopic (exact) mass is 216 g/mol. The van der Waals surface area contributed by atoms with Crippen LogP contribution in [0.5, 0.6) is 0 Å². The minimum atomic E-state index is -1.16. The predicted molar refractivity (Wildman–Crippen MR) is 55.6 cm³/mol. The number of ether oxygens (including phenoxy) is 1. The number of aliphatic carboxylic acids is 1. The van der Waals surface area contributed by atoms with E-state index in [1.807, 2.05) is 0 Å². The Labute approximate surface area is 90.2 Å². The average Bonchev–Trinajstić information content (AvgIpc) is 2.16. The van der Waals surface area contributed by atoms with E-state index < -0.39 is 11.6 Å². The molecule has 0 heterocycles. The van der Waals surface area contributed by atoms with Crippen LogP contribution in [0.1, 0.15) is 39.0 Å². The Morgan fingerprint density at radius 1 is 1.47 bits per heavy atom. The summed E-state index contributed by atoms with van der Waals surface area (Å²) in [4.78, 5) is 10.7. The third-order valence-corrected chi connectivity index (χ3v) is 3.31. The van der Waals surface area contributed by atoms with Gasteiger partial charge in [0.15, 0.2) is 0 Å². The zero-order valence-corrected chi connectivity index (χ0v) is 9.40. The molecule has 1 rings (SSSR count). The highest BCUT2D eigenvalue weighted by Gasteiger charge is 2.40. The fourth-order valence-corrected chi connectivity index (χ4v) is 2.53. The van der Waals surface area contributed by atoms with Gasteiger partial charge in [-0.15, -0.1) is 0 Å². The molecule has 0 spiro atoms. The molecule has 1 aliphatic carbocycles. The lowest BCUT2D eigenvalue weighted by Gasteiger charge is -2.39. The van der Waals surface area contributed by atoms with Crippen molar-refractivity contribution in [3.63, 3.8) is 0 Å². The molecule has 1 unspecified atom stereocenters. The number of methoxy groups -OCH3 is 1. The van der Waals surface area contributed by atoms with Gasteiger partial charge in [-0.1, -0.05) is 12.8 Å². The smallest absolute Gasteiger partial charge is 0.306 e. The van der Waals surface area contributed by atoms with E-state index in [0.29, 0.717) is 0 Å². The molecule has 1 fully saturated rings. The summed E-state index contributed by atoms with van der Waals surface area (Å²) in [5.74, 6) is -1.02. The van der Waals surface area contributed by atoms with Crippen LogP contribution in [0.3, 0.4) is 0 Å². The van der Waals surface area contributed by atoms with Crippen LogP contribution in [0.15, 0.2) is 0 Å². The van der Waals surface area contributed by atoms with E-state index in [9.17, 15) is 9.90 Å². The topological polar surface area (TPSA) is 66.8 Å². The average molecular weight is 216 g/mol. The summed E-state index contributed by atoms with van der Waals surface area (Å²) in [6, 6.07) is 0. The van der Waals surface area contributed by atoms with Crippen LogP contribution in [0.2, 0.25) is 0 Å². The van der Waals surface area contributed by atoms with E-state index in [0.717, 1.165) is 25.7 Å².